The summed E-state index contributed by atoms with van der Waals surface area (Å²) in [7, 11) is 0. The van der Waals surface area contributed by atoms with Gasteiger partial charge in [-0.15, -0.1) is 0 Å². The second kappa shape index (κ2) is 5.53. The summed E-state index contributed by atoms with van der Waals surface area (Å²) in [5.41, 5.74) is 2.53. The zero-order valence-corrected chi connectivity index (χ0v) is 11.1. The van der Waals surface area contributed by atoms with Crippen molar-refractivity contribution in [3.8, 4) is 0 Å². The van der Waals surface area contributed by atoms with Crippen LogP contribution in [0.25, 0.3) is 0 Å². The van der Waals surface area contributed by atoms with Crippen LogP contribution in [0, 0.1) is 0 Å². The average molecular weight is 247 g/mol. The second-order valence-electron chi connectivity index (χ2n) is 5.35. The Morgan fingerprint density at radius 2 is 1.94 bits per heavy atom. The van der Waals surface area contributed by atoms with Crippen molar-refractivity contribution >= 4 is 5.91 Å². The highest BCUT2D eigenvalue weighted by Crippen LogP contribution is 2.16. The average Bonchev–Trinajstić information content (AvgIpc) is 2.32. The molecule has 1 amide bonds. The van der Waals surface area contributed by atoms with Crippen LogP contribution in [0.1, 0.15) is 37.3 Å². The Morgan fingerprint density at radius 3 is 2.44 bits per heavy atom. The SMILES string of the molecule is CC(C)c1ccc(CCC(=O)N2CC(O)C2)cc1. The fraction of sp³-hybridized carbons (Fsp3) is 0.533. The molecule has 1 aliphatic rings. The van der Waals surface area contributed by atoms with Crippen molar-refractivity contribution in [3.05, 3.63) is 35.4 Å². The van der Waals surface area contributed by atoms with Gasteiger partial charge in [-0.05, 0) is 23.5 Å². The lowest BCUT2D eigenvalue weighted by Gasteiger charge is -2.35. The first-order valence-electron chi connectivity index (χ1n) is 6.61. The first kappa shape index (κ1) is 13.1. The van der Waals surface area contributed by atoms with Crippen LogP contribution in [0.5, 0.6) is 0 Å². The molecular weight excluding hydrogens is 226 g/mol. The molecule has 0 unspecified atom stereocenters. The van der Waals surface area contributed by atoms with Gasteiger partial charge in [0.15, 0.2) is 0 Å². The van der Waals surface area contributed by atoms with Gasteiger partial charge in [0.25, 0.3) is 0 Å². The predicted molar refractivity (Wildman–Crippen MR) is 71.4 cm³/mol. The monoisotopic (exact) mass is 247 g/mol. The minimum atomic E-state index is -0.306. The number of hydrogen-bond donors (Lipinski definition) is 1. The molecule has 0 aromatic heterocycles. The minimum Gasteiger partial charge on any atom is -0.389 e. The number of benzene rings is 1. The molecule has 0 bridgehead atoms. The van der Waals surface area contributed by atoms with Gasteiger partial charge in [-0.2, -0.15) is 0 Å². The van der Waals surface area contributed by atoms with E-state index in [1.165, 1.54) is 11.1 Å². The van der Waals surface area contributed by atoms with E-state index in [1.807, 2.05) is 0 Å². The van der Waals surface area contributed by atoms with E-state index >= 15 is 0 Å². The van der Waals surface area contributed by atoms with E-state index in [9.17, 15) is 4.79 Å². The van der Waals surface area contributed by atoms with Crippen molar-refractivity contribution in [2.45, 2.75) is 38.7 Å². The molecule has 1 aromatic rings. The summed E-state index contributed by atoms with van der Waals surface area (Å²) < 4.78 is 0. The summed E-state index contributed by atoms with van der Waals surface area (Å²) in [6, 6.07) is 8.48. The molecule has 1 heterocycles. The van der Waals surface area contributed by atoms with Crippen LogP contribution in [0.15, 0.2) is 24.3 Å². The van der Waals surface area contributed by atoms with E-state index in [0.29, 0.717) is 25.4 Å². The van der Waals surface area contributed by atoms with E-state index in [2.05, 4.69) is 38.1 Å². The number of hydrogen-bond acceptors (Lipinski definition) is 2. The van der Waals surface area contributed by atoms with Crippen LogP contribution in [-0.2, 0) is 11.2 Å². The molecule has 0 radical (unpaired) electrons. The molecule has 1 aromatic carbocycles. The van der Waals surface area contributed by atoms with Crippen molar-refractivity contribution in [2.24, 2.45) is 0 Å². The number of aliphatic hydroxyl groups is 1. The van der Waals surface area contributed by atoms with Crippen LogP contribution >= 0.6 is 0 Å². The standard InChI is InChI=1S/C15H21NO2/c1-11(2)13-6-3-12(4-7-13)5-8-15(18)16-9-14(17)10-16/h3-4,6-7,11,14,17H,5,8-10H2,1-2H3. The summed E-state index contributed by atoms with van der Waals surface area (Å²) in [4.78, 5) is 13.4. The molecule has 18 heavy (non-hydrogen) atoms. The van der Waals surface area contributed by atoms with E-state index in [0.717, 1.165) is 6.42 Å². The van der Waals surface area contributed by atoms with E-state index < -0.39 is 0 Å². The van der Waals surface area contributed by atoms with Crippen LogP contribution in [0.3, 0.4) is 0 Å². The molecule has 1 aliphatic heterocycles. The lowest BCUT2D eigenvalue weighted by molar-refractivity contribution is -0.141. The number of rotatable bonds is 4. The topological polar surface area (TPSA) is 40.5 Å². The molecule has 98 valence electrons. The number of aliphatic hydroxyl groups excluding tert-OH is 1. The first-order valence-corrected chi connectivity index (χ1v) is 6.61. The van der Waals surface area contributed by atoms with Gasteiger partial charge >= 0.3 is 0 Å². The van der Waals surface area contributed by atoms with Crippen LogP contribution in [0.2, 0.25) is 0 Å². The molecule has 3 nitrogen and oxygen atoms in total. The fourth-order valence-electron chi connectivity index (χ4n) is 2.14. The fourth-order valence-corrected chi connectivity index (χ4v) is 2.14. The van der Waals surface area contributed by atoms with Gasteiger partial charge in [0.2, 0.25) is 5.91 Å². The molecule has 0 atom stereocenters. The molecule has 1 N–H and O–H groups in total. The van der Waals surface area contributed by atoms with Gasteiger partial charge in [-0.1, -0.05) is 38.1 Å². The Balaban J connectivity index is 1.81. The van der Waals surface area contributed by atoms with Crippen LogP contribution < -0.4 is 0 Å². The normalized spacial score (nSPS) is 15.9. The van der Waals surface area contributed by atoms with Gasteiger partial charge in [-0.25, -0.2) is 0 Å². The van der Waals surface area contributed by atoms with Crippen molar-refractivity contribution < 1.29 is 9.90 Å². The van der Waals surface area contributed by atoms with Gasteiger partial charge in [0, 0.05) is 19.5 Å². The molecule has 0 aliphatic carbocycles. The second-order valence-corrected chi connectivity index (χ2v) is 5.35. The Kier molecular flexibility index (Phi) is 4.02. The summed E-state index contributed by atoms with van der Waals surface area (Å²) in [5, 5.41) is 9.14. The van der Waals surface area contributed by atoms with Gasteiger partial charge in [0.05, 0.1) is 6.10 Å². The third kappa shape index (κ3) is 3.10. The molecule has 1 saturated heterocycles. The zero-order chi connectivity index (χ0) is 13.1. The zero-order valence-electron chi connectivity index (χ0n) is 11.1. The van der Waals surface area contributed by atoms with E-state index in [1.54, 1.807) is 4.90 Å². The molecular formula is C15H21NO2. The first-order chi connectivity index (χ1) is 8.56. The van der Waals surface area contributed by atoms with Gasteiger partial charge in [-0.3, -0.25) is 4.79 Å². The van der Waals surface area contributed by atoms with Gasteiger partial charge < -0.3 is 10.0 Å². The largest absolute Gasteiger partial charge is 0.389 e. The van der Waals surface area contributed by atoms with Crippen molar-refractivity contribution in [1.82, 2.24) is 4.90 Å². The van der Waals surface area contributed by atoms with Gasteiger partial charge in [0.1, 0.15) is 0 Å². The summed E-state index contributed by atoms with van der Waals surface area (Å²) >= 11 is 0. The number of carbonyl (C=O) groups excluding carboxylic acids is 1. The molecule has 0 spiro atoms. The molecule has 0 saturated carbocycles. The van der Waals surface area contributed by atoms with E-state index in [-0.39, 0.29) is 12.0 Å². The highest BCUT2D eigenvalue weighted by molar-refractivity contribution is 5.77. The Bertz CT molecular complexity index is 405. The highest BCUT2D eigenvalue weighted by Gasteiger charge is 2.27. The summed E-state index contributed by atoms with van der Waals surface area (Å²) in [5.74, 6) is 0.691. The summed E-state index contributed by atoms with van der Waals surface area (Å²) in [6.45, 7) is 5.36. The number of amides is 1. The smallest absolute Gasteiger partial charge is 0.223 e. The van der Waals surface area contributed by atoms with Crippen LogP contribution in [-0.4, -0.2) is 35.1 Å². The predicted octanol–water partition coefficient (Wildman–Crippen LogP) is 1.95. The van der Waals surface area contributed by atoms with Crippen molar-refractivity contribution in [2.75, 3.05) is 13.1 Å². The maximum Gasteiger partial charge on any atom is 0.223 e. The highest BCUT2D eigenvalue weighted by atomic mass is 16.3. The third-order valence-corrected chi connectivity index (χ3v) is 3.49. The van der Waals surface area contributed by atoms with Crippen molar-refractivity contribution in [3.63, 3.8) is 0 Å². The van der Waals surface area contributed by atoms with E-state index in [4.69, 9.17) is 5.11 Å². The number of nitrogens with zero attached hydrogens (tertiary/aromatic N) is 1. The number of aryl methyl sites for hydroxylation is 1. The Labute approximate surface area is 108 Å². The molecule has 2 rings (SSSR count). The Morgan fingerprint density at radius 1 is 1.33 bits per heavy atom. The quantitative estimate of drug-likeness (QED) is 0.883. The lowest BCUT2D eigenvalue weighted by Crippen LogP contribution is -2.53. The lowest BCUT2D eigenvalue weighted by atomic mass is 10.00. The number of likely N-dealkylation sites (tertiary alicyclic amines) is 1. The minimum absolute atomic E-state index is 0.147. The third-order valence-electron chi connectivity index (χ3n) is 3.49. The summed E-state index contributed by atoms with van der Waals surface area (Å²) in [6.07, 6.45) is 1.01. The maximum atomic E-state index is 11.7. The molecule has 3 heteroatoms. The Hall–Kier alpha value is -1.35. The van der Waals surface area contributed by atoms with Crippen LogP contribution in [0.4, 0.5) is 0 Å². The number of carbonyl (C=O) groups is 1. The molecule has 1 fully saturated rings. The van der Waals surface area contributed by atoms with Crippen molar-refractivity contribution in [1.29, 1.82) is 0 Å². The maximum absolute atomic E-state index is 11.7. The number of β-amino-alcohol motifs (C(OH)–C–C–N with tert-alkyl or cyclic N) is 1.